The van der Waals surface area contributed by atoms with Crippen LogP contribution < -0.4 is 5.32 Å². The summed E-state index contributed by atoms with van der Waals surface area (Å²) in [6.07, 6.45) is 0.829. The van der Waals surface area contributed by atoms with Crippen molar-refractivity contribution in [2.45, 2.75) is 30.9 Å². The van der Waals surface area contributed by atoms with E-state index in [1.165, 1.54) is 0 Å². The van der Waals surface area contributed by atoms with Crippen LogP contribution in [0.4, 0.5) is 5.69 Å². The fourth-order valence-electron chi connectivity index (χ4n) is 2.34. The largest absolute Gasteiger partial charge is 0.481 e. The van der Waals surface area contributed by atoms with Gasteiger partial charge < -0.3 is 10.4 Å². The van der Waals surface area contributed by atoms with Gasteiger partial charge in [0.05, 0.1) is 11.7 Å². The molecule has 1 aliphatic heterocycles. The Morgan fingerprint density at radius 1 is 1.38 bits per heavy atom. The van der Waals surface area contributed by atoms with Crippen LogP contribution in [0.3, 0.4) is 0 Å². The molecule has 1 aromatic carbocycles. The summed E-state index contributed by atoms with van der Waals surface area (Å²) in [4.78, 5) is 23.0. The number of rotatable bonds is 4. The van der Waals surface area contributed by atoms with E-state index in [9.17, 15) is 18.0 Å². The lowest BCUT2D eigenvalue weighted by molar-refractivity contribution is -0.138. The maximum absolute atomic E-state index is 12.0. The van der Waals surface area contributed by atoms with Gasteiger partial charge >= 0.3 is 5.97 Å². The molecule has 114 valence electrons. The van der Waals surface area contributed by atoms with Gasteiger partial charge in [-0.25, -0.2) is 8.42 Å². The van der Waals surface area contributed by atoms with E-state index in [0.29, 0.717) is 24.1 Å². The summed E-state index contributed by atoms with van der Waals surface area (Å²) in [7, 11) is -3.35. The van der Waals surface area contributed by atoms with Gasteiger partial charge in [0.15, 0.2) is 9.84 Å². The van der Waals surface area contributed by atoms with Gasteiger partial charge in [-0.1, -0.05) is 12.1 Å². The standard InChI is InChI=1S/C14H17NO5S/c1-9(14(17)18)10-4-2-5-11(8-10)15-13(16)12-6-3-7-21(12,19)20/h2,4-5,8-9,12H,3,6-7H2,1H3,(H,15,16)(H,17,18). The Morgan fingerprint density at radius 2 is 2.10 bits per heavy atom. The Morgan fingerprint density at radius 3 is 2.67 bits per heavy atom. The van der Waals surface area contributed by atoms with Gasteiger partial charge in [-0.2, -0.15) is 0 Å². The number of carbonyl (C=O) groups is 2. The van der Waals surface area contributed by atoms with Gasteiger partial charge in [0.25, 0.3) is 0 Å². The minimum absolute atomic E-state index is 0.0428. The summed E-state index contributed by atoms with van der Waals surface area (Å²) >= 11 is 0. The average molecular weight is 311 g/mol. The number of amides is 1. The van der Waals surface area contributed by atoms with Crippen LogP contribution in [0, 0.1) is 0 Å². The molecule has 2 rings (SSSR count). The number of aliphatic carboxylic acids is 1. The second-order valence-corrected chi connectivity index (χ2v) is 7.48. The number of carboxylic acid groups (broad SMARTS) is 1. The lowest BCUT2D eigenvalue weighted by Crippen LogP contribution is -2.31. The van der Waals surface area contributed by atoms with Crippen molar-refractivity contribution in [3.63, 3.8) is 0 Å². The van der Waals surface area contributed by atoms with Gasteiger partial charge in [0.1, 0.15) is 5.25 Å². The molecule has 2 unspecified atom stereocenters. The highest BCUT2D eigenvalue weighted by Crippen LogP contribution is 2.23. The molecule has 2 N–H and O–H groups in total. The van der Waals surface area contributed by atoms with E-state index in [1.54, 1.807) is 31.2 Å². The van der Waals surface area contributed by atoms with Gasteiger partial charge in [-0.05, 0) is 37.5 Å². The van der Waals surface area contributed by atoms with Gasteiger partial charge in [-0.3, -0.25) is 9.59 Å². The van der Waals surface area contributed by atoms with Crippen molar-refractivity contribution in [2.24, 2.45) is 0 Å². The number of carboxylic acids is 1. The molecule has 6 nitrogen and oxygen atoms in total. The topological polar surface area (TPSA) is 101 Å². The molecule has 1 fully saturated rings. The minimum atomic E-state index is -3.35. The van der Waals surface area contributed by atoms with Gasteiger partial charge in [-0.15, -0.1) is 0 Å². The Balaban J connectivity index is 2.15. The zero-order chi connectivity index (χ0) is 15.6. The maximum atomic E-state index is 12.0. The molecule has 1 aromatic rings. The highest BCUT2D eigenvalue weighted by molar-refractivity contribution is 7.93. The zero-order valence-corrected chi connectivity index (χ0v) is 12.4. The third-order valence-electron chi connectivity index (χ3n) is 3.65. The Labute approximate surface area is 123 Å². The number of hydrogen-bond donors (Lipinski definition) is 2. The Hall–Kier alpha value is -1.89. The first-order valence-corrected chi connectivity index (χ1v) is 8.38. The van der Waals surface area contributed by atoms with E-state index in [2.05, 4.69) is 5.32 Å². The summed E-state index contributed by atoms with van der Waals surface area (Å²) in [5.41, 5.74) is 0.960. The van der Waals surface area contributed by atoms with Crippen LogP contribution >= 0.6 is 0 Å². The average Bonchev–Trinajstić information content (AvgIpc) is 2.77. The van der Waals surface area contributed by atoms with Gasteiger partial charge in [0.2, 0.25) is 5.91 Å². The summed E-state index contributed by atoms with van der Waals surface area (Å²) in [6.45, 7) is 1.55. The second kappa shape index (κ2) is 5.85. The van der Waals surface area contributed by atoms with Crippen molar-refractivity contribution >= 4 is 27.4 Å². The van der Waals surface area contributed by atoms with Gasteiger partial charge in [0, 0.05) is 5.69 Å². The number of benzene rings is 1. The first-order chi connectivity index (χ1) is 9.81. The van der Waals surface area contributed by atoms with E-state index >= 15 is 0 Å². The normalized spacial score (nSPS) is 21.7. The molecule has 7 heteroatoms. The van der Waals surface area contributed by atoms with E-state index in [0.717, 1.165) is 0 Å². The van der Waals surface area contributed by atoms with Crippen molar-refractivity contribution in [1.29, 1.82) is 0 Å². The summed E-state index contributed by atoms with van der Waals surface area (Å²) < 4.78 is 23.4. The minimum Gasteiger partial charge on any atom is -0.481 e. The fraction of sp³-hybridized carbons (Fsp3) is 0.429. The van der Waals surface area contributed by atoms with Crippen LogP contribution in [-0.4, -0.2) is 36.4 Å². The van der Waals surface area contributed by atoms with Crippen molar-refractivity contribution in [2.75, 3.05) is 11.1 Å². The summed E-state index contributed by atoms with van der Waals surface area (Å²) in [5.74, 6) is -2.16. The molecule has 0 bridgehead atoms. The molecule has 1 saturated heterocycles. The molecule has 2 atom stereocenters. The van der Waals surface area contributed by atoms with Crippen molar-refractivity contribution in [1.82, 2.24) is 0 Å². The van der Waals surface area contributed by atoms with Crippen LogP contribution in [0.2, 0.25) is 0 Å². The highest BCUT2D eigenvalue weighted by atomic mass is 32.2. The lowest BCUT2D eigenvalue weighted by atomic mass is 10.0. The van der Waals surface area contributed by atoms with Crippen molar-refractivity contribution in [3.8, 4) is 0 Å². The number of anilines is 1. The van der Waals surface area contributed by atoms with Crippen LogP contribution in [0.15, 0.2) is 24.3 Å². The molecule has 1 amide bonds. The van der Waals surface area contributed by atoms with E-state index in [-0.39, 0.29) is 5.75 Å². The molecule has 0 spiro atoms. The molecule has 0 saturated carbocycles. The molecule has 0 aliphatic carbocycles. The highest BCUT2D eigenvalue weighted by Gasteiger charge is 2.37. The van der Waals surface area contributed by atoms with E-state index < -0.39 is 32.9 Å². The van der Waals surface area contributed by atoms with Crippen LogP contribution in [0.5, 0.6) is 0 Å². The molecular formula is C14H17NO5S. The number of nitrogens with one attached hydrogen (secondary N) is 1. The third-order valence-corrected chi connectivity index (χ3v) is 5.82. The lowest BCUT2D eigenvalue weighted by Gasteiger charge is -2.12. The zero-order valence-electron chi connectivity index (χ0n) is 11.6. The SMILES string of the molecule is CC(C(=O)O)c1cccc(NC(=O)C2CCCS2(=O)=O)c1. The quantitative estimate of drug-likeness (QED) is 0.875. The van der Waals surface area contributed by atoms with E-state index in [4.69, 9.17) is 5.11 Å². The second-order valence-electron chi connectivity index (χ2n) is 5.17. The first kappa shape index (κ1) is 15.5. The number of carbonyl (C=O) groups excluding carboxylic acids is 1. The molecule has 0 aromatic heterocycles. The predicted octanol–water partition coefficient (Wildman–Crippen LogP) is 1.39. The number of sulfone groups is 1. The monoisotopic (exact) mass is 311 g/mol. The predicted molar refractivity (Wildman–Crippen MR) is 77.9 cm³/mol. The van der Waals surface area contributed by atoms with Crippen LogP contribution in [0.1, 0.15) is 31.2 Å². The first-order valence-electron chi connectivity index (χ1n) is 6.66. The number of hydrogen-bond acceptors (Lipinski definition) is 4. The van der Waals surface area contributed by atoms with Crippen LogP contribution in [-0.2, 0) is 19.4 Å². The molecule has 0 radical (unpaired) electrons. The third kappa shape index (κ3) is 3.41. The van der Waals surface area contributed by atoms with Crippen LogP contribution in [0.25, 0.3) is 0 Å². The summed E-state index contributed by atoms with van der Waals surface area (Å²) in [5, 5.41) is 10.5. The molecule has 1 aliphatic rings. The smallest absolute Gasteiger partial charge is 0.310 e. The Bertz CT molecular complexity index is 668. The molecular weight excluding hydrogens is 294 g/mol. The van der Waals surface area contributed by atoms with E-state index in [1.807, 2.05) is 0 Å². The Kier molecular flexibility index (Phi) is 4.32. The molecule has 21 heavy (non-hydrogen) atoms. The maximum Gasteiger partial charge on any atom is 0.310 e. The van der Waals surface area contributed by atoms with Crippen molar-refractivity contribution in [3.05, 3.63) is 29.8 Å². The summed E-state index contributed by atoms with van der Waals surface area (Å²) in [6, 6.07) is 6.45. The van der Waals surface area contributed by atoms with Crippen molar-refractivity contribution < 1.29 is 23.1 Å². The molecule has 1 heterocycles. The fourth-order valence-corrected chi connectivity index (χ4v) is 4.10.